The third-order valence-corrected chi connectivity index (χ3v) is 4.81. The lowest BCUT2D eigenvalue weighted by atomic mass is 10.1. The van der Waals surface area contributed by atoms with Gasteiger partial charge in [0.05, 0.1) is 5.92 Å². The number of hydrogen-bond acceptors (Lipinski definition) is 5. The Bertz CT molecular complexity index is 861. The number of esters is 1. The summed E-state index contributed by atoms with van der Waals surface area (Å²) in [4.78, 5) is 26.5. The Kier molecular flexibility index (Phi) is 4.71. The summed E-state index contributed by atoms with van der Waals surface area (Å²) in [6.07, 6.45) is 2.24. The summed E-state index contributed by atoms with van der Waals surface area (Å²) in [5.41, 5.74) is 2.06. The van der Waals surface area contributed by atoms with E-state index in [4.69, 9.17) is 14.2 Å². The lowest BCUT2D eigenvalue weighted by Gasteiger charge is -2.17. The number of hydrogen-bond donors (Lipinski definition) is 0. The number of aryl methyl sites for hydroxylation is 1. The molecule has 27 heavy (non-hydrogen) atoms. The fraction of sp³-hybridized carbons (Fsp3) is 0.333. The van der Waals surface area contributed by atoms with E-state index in [1.165, 1.54) is 5.56 Å². The molecule has 2 aromatic carbocycles. The van der Waals surface area contributed by atoms with Gasteiger partial charge in [-0.2, -0.15) is 0 Å². The molecule has 0 radical (unpaired) electrons. The Morgan fingerprint density at radius 1 is 1.15 bits per heavy atom. The van der Waals surface area contributed by atoms with Crippen LogP contribution in [-0.4, -0.2) is 25.2 Å². The highest BCUT2D eigenvalue weighted by Crippen LogP contribution is 2.35. The molecule has 0 aromatic heterocycles. The highest BCUT2D eigenvalue weighted by atomic mass is 16.7. The summed E-state index contributed by atoms with van der Waals surface area (Å²) in [6.45, 7) is 2.62. The molecule has 2 aromatic rings. The predicted octanol–water partition coefficient (Wildman–Crippen LogP) is 3.33. The number of anilines is 1. The molecule has 2 aliphatic rings. The summed E-state index contributed by atoms with van der Waals surface area (Å²) in [7, 11) is 0. The smallest absolute Gasteiger partial charge is 0.316 e. The molecule has 0 aliphatic carbocycles. The Labute approximate surface area is 157 Å². The number of amides is 1. The lowest BCUT2D eigenvalue weighted by Crippen LogP contribution is -2.27. The zero-order valence-electron chi connectivity index (χ0n) is 15.1. The van der Waals surface area contributed by atoms with Crippen molar-refractivity contribution >= 4 is 17.6 Å². The highest BCUT2D eigenvalue weighted by molar-refractivity contribution is 5.99. The summed E-state index contributed by atoms with van der Waals surface area (Å²) >= 11 is 0. The van der Waals surface area contributed by atoms with Crippen LogP contribution in [-0.2, 0) is 16.0 Å². The van der Waals surface area contributed by atoms with Crippen LogP contribution in [0.15, 0.2) is 42.5 Å². The minimum atomic E-state index is -0.488. The Morgan fingerprint density at radius 3 is 2.70 bits per heavy atom. The Balaban J connectivity index is 1.41. The molecule has 1 atom stereocenters. The Hall–Kier alpha value is -3.02. The maximum absolute atomic E-state index is 12.5. The maximum atomic E-state index is 12.5. The maximum Gasteiger partial charge on any atom is 0.316 e. The summed E-state index contributed by atoms with van der Waals surface area (Å²) in [6, 6.07) is 12.9. The molecule has 2 aliphatic heterocycles. The van der Waals surface area contributed by atoms with Gasteiger partial charge in [0.2, 0.25) is 12.7 Å². The third-order valence-electron chi connectivity index (χ3n) is 4.81. The van der Waals surface area contributed by atoms with Gasteiger partial charge < -0.3 is 19.1 Å². The molecule has 1 saturated heterocycles. The van der Waals surface area contributed by atoms with Gasteiger partial charge in [0.1, 0.15) is 5.75 Å². The van der Waals surface area contributed by atoms with Crippen LogP contribution >= 0.6 is 0 Å². The molecular formula is C21H21NO5. The number of fused-ring (bicyclic) bond motifs is 1. The number of rotatable bonds is 5. The van der Waals surface area contributed by atoms with Crippen molar-refractivity contribution in [2.75, 3.05) is 18.2 Å². The van der Waals surface area contributed by atoms with E-state index in [1.807, 2.05) is 24.3 Å². The monoisotopic (exact) mass is 367 g/mol. The van der Waals surface area contributed by atoms with Gasteiger partial charge in [0.15, 0.2) is 11.5 Å². The van der Waals surface area contributed by atoms with Gasteiger partial charge >= 0.3 is 5.97 Å². The average molecular weight is 367 g/mol. The van der Waals surface area contributed by atoms with E-state index in [9.17, 15) is 9.59 Å². The zero-order chi connectivity index (χ0) is 18.8. The molecule has 0 bridgehead atoms. The SMILES string of the molecule is CCCc1ccc(N2CC(C(=O)Oc3ccc4c(c3)OCO4)CC2=O)cc1. The molecule has 0 N–H and O–H groups in total. The van der Waals surface area contributed by atoms with Gasteiger partial charge in [0.25, 0.3) is 0 Å². The molecule has 6 nitrogen and oxygen atoms in total. The molecule has 140 valence electrons. The fourth-order valence-electron chi connectivity index (χ4n) is 3.39. The number of nitrogens with zero attached hydrogens (tertiary/aromatic N) is 1. The van der Waals surface area contributed by atoms with Crippen LogP contribution in [0, 0.1) is 5.92 Å². The zero-order valence-corrected chi connectivity index (χ0v) is 15.1. The normalized spacial score (nSPS) is 18.0. The molecule has 0 saturated carbocycles. The van der Waals surface area contributed by atoms with Crippen LogP contribution in [0.4, 0.5) is 5.69 Å². The number of carbonyl (C=O) groups is 2. The van der Waals surface area contributed by atoms with Gasteiger partial charge in [0, 0.05) is 24.7 Å². The highest BCUT2D eigenvalue weighted by Gasteiger charge is 2.36. The van der Waals surface area contributed by atoms with E-state index in [1.54, 1.807) is 23.1 Å². The van der Waals surface area contributed by atoms with E-state index < -0.39 is 11.9 Å². The summed E-state index contributed by atoms with van der Waals surface area (Å²) < 4.78 is 16.0. The van der Waals surface area contributed by atoms with Crippen molar-refractivity contribution in [3.63, 3.8) is 0 Å². The first-order chi connectivity index (χ1) is 13.1. The van der Waals surface area contributed by atoms with Gasteiger partial charge in [-0.1, -0.05) is 25.5 Å². The number of carbonyl (C=O) groups excluding carboxylic acids is 2. The van der Waals surface area contributed by atoms with Crippen LogP contribution in [0.1, 0.15) is 25.3 Å². The topological polar surface area (TPSA) is 65.1 Å². The largest absolute Gasteiger partial charge is 0.454 e. The van der Waals surface area contributed by atoms with Gasteiger partial charge in [-0.15, -0.1) is 0 Å². The minimum Gasteiger partial charge on any atom is -0.454 e. The molecule has 6 heteroatoms. The van der Waals surface area contributed by atoms with Crippen LogP contribution < -0.4 is 19.1 Å². The first kappa shape index (κ1) is 17.4. The first-order valence-corrected chi connectivity index (χ1v) is 9.14. The second-order valence-electron chi connectivity index (χ2n) is 6.76. The average Bonchev–Trinajstić information content (AvgIpc) is 3.29. The quantitative estimate of drug-likeness (QED) is 0.599. The second-order valence-corrected chi connectivity index (χ2v) is 6.76. The molecular weight excluding hydrogens is 346 g/mol. The number of benzene rings is 2. The van der Waals surface area contributed by atoms with Gasteiger partial charge in [-0.25, -0.2) is 0 Å². The van der Waals surface area contributed by atoms with E-state index in [-0.39, 0.29) is 19.1 Å². The Morgan fingerprint density at radius 2 is 1.93 bits per heavy atom. The second kappa shape index (κ2) is 7.31. The van der Waals surface area contributed by atoms with Crippen LogP contribution in [0.5, 0.6) is 17.2 Å². The minimum absolute atomic E-state index is 0.0640. The van der Waals surface area contributed by atoms with Crippen LogP contribution in [0.25, 0.3) is 0 Å². The fourth-order valence-corrected chi connectivity index (χ4v) is 3.39. The van der Waals surface area contributed by atoms with Crippen molar-refractivity contribution in [3.05, 3.63) is 48.0 Å². The lowest BCUT2D eigenvalue weighted by molar-refractivity contribution is -0.139. The molecule has 4 rings (SSSR count). The predicted molar refractivity (Wildman–Crippen MR) is 99.1 cm³/mol. The van der Waals surface area contributed by atoms with Crippen molar-refractivity contribution in [2.24, 2.45) is 5.92 Å². The molecule has 0 spiro atoms. The van der Waals surface area contributed by atoms with Crippen molar-refractivity contribution in [1.82, 2.24) is 0 Å². The molecule has 2 heterocycles. The molecule has 1 unspecified atom stereocenters. The van der Waals surface area contributed by atoms with Gasteiger partial charge in [-0.05, 0) is 36.2 Å². The van der Waals surface area contributed by atoms with E-state index in [0.717, 1.165) is 18.5 Å². The molecule has 1 amide bonds. The first-order valence-electron chi connectivity index (χ1n) is 9.14. The number of ether oxygens (including phenoxy) is 3. The van der Waals surface area contributed by atoms with Crippen LogP contribution in [0.2, 0.25) is 0 Å². The van der Waals surface area contributed by atoms with Crippen molar-refractivity contribution in [3.8, 4) is 17.2 Å². The van der Waals surface area contributed by atoms with E-state index >= 15 is 0 Å². The van der Waals surface area contributed by atoms with E-state index in [0.29, 0.717) is 23.8 Å². The summed E-state index contributed by atoms with van der Waals surface area (Å²) in [5.74, 6) is 0.607. The van der Waals surface area contributed by atoms with Crippen molar-refractivity contribution < 1.29 is 23.8 Å². The van der Waals surface area contributed by atoms with E-state index in [2.05, 4.69) is 6.92 Å². The van der Waals surface area contributed by atoms with Crippen LogP contribution in [0.3, 0.4) is 0 Å². The standard InChI is InChI=1S/C21H21NO5/c1-2-3-14-4-6-16(7-5-14)22-12-15(10-20(22)23)21(24)27-17-8-9-18-19(11-17)26-13-25-18/h4-9,11,15H,2-3,10,12-13H2,1H3. The summed E-state index contributed by atoms with van der Waals surface area (Å²) in [5, 5.41) is 0. The third kappa shape index (κ3) is 3.60. The molecule has 1 fully saturated rings. The van der Waals surface area contributed by atoms with Crippen molar-refractivity contribution in [1.29, 1.82) is 0 Å². The van der Waals surface area contributed by atoms with Gasteiger partial charge in [-0.3, -0.25) is 9.59 Å². The van der Waals surface area contributed by atoms with Crippen molar-refractivity contribution in [2.45, 2.75) is 26.2 Å².